The van der Waals surface area contributed by atoms with Crippen molar-refractivity contribution in [2.45, 2.75) is 0 Å². The van der Waals surface area contributed by atoms with Crippen LogP contribution in [0.25, 0.3) is 27.0 Å². The van der Waals surface area contributed by atoms with Crippen LogP contribution in [0, 0.1) is 12.4 Å². The number of para-hydroxylation sites is 1. The monoisotopic (exact) mass is 236 g/mol. The Morgan fingerprint density at radius 1 is 1.06 bits per heavy atom. The Labute approximate surface area is 104 Å². The average Bonchev–Trinajstić information content (AvgIpc) is 2.82. The minimum Gasteiger partial charge on any atom is -0.356 e. The van der Waals surface area contributed by atoms with Gasteiger partial charge in [-0.15, -0.1) is 0 Å². The van der Waals surface area contributed by atoms with Gasteiger partial charge in [-0.25, -0.2) is 9.24 Å². The van der Waals surface area contributed by atoms with Crippen LogP contribution in [0.3, 0.4) is 0 Å². The van der Waals surface area contributed by atoms with Crippen molar-refractivity contribution in [2.24, 2.45) is 0 Å². The Morgan fingerprint density at radius 3 is 2.67 bits per heavy atom. The largest absolute Gasteiger partial charge is 0.356 e. The Kier molecular flexibility index (Phi) is 2.35. The first-order valence-corrected chi connectivity index (χ1v) is 5.53. The van der Waals surface area contributed by atoms with Gasteiger partial charge in [0, 0.05) is 16.8 Å². The van der Waals surface area contributed by atoms with Gasteiger partial charge in [-0.1, -0.05) is 24.3 Å². The van der Waals surface area contributed by atoms with Gasteiger partial charge >= 0.3 is 0 Å². The van der Waals surface area contributed by atoms with Crippen molar-refractivity contribution in [3.63, 3.8) is 0 Å². The summed E-state index contributed by atoms with van der Waals surface area (Å²) in [6, 6.07) is 13.9. The standard InChI is InChI=1S/C15H9FN2/c1-17-14-7-6-11(16)9-12(14)15-8-10-4-2-3-5-13(10)18-15/h2-9,18H. The molecule has 0 spiro atoms. The molecule has 2 aromatic carbocycles. The van der Waals surface area contributed by atoms with E-state index in [9.17, 15) is 4.39 Å². The molecule has 1 heterocycles. The van der Waals surface area contributed by atoms with Crippen molar-refractivity contribution < 1.29 is 4.39 Å². The number of aromatic nitrogens is 1. The second-order valence-corrected chi connectivity index (χ2v) is 4.04. The lowest BCUT2D eigenvalue weighted by atomic mass is 10.1. The van der Waals surface area contributed by atoms with Gasteiger partial charge in [0.25, 0.3) is 0 Å². The zero-order valence-corrected chi connectivity index (χ0v) is 9.44. The van der Waals surface area contributed by atoms with E-state index >= 15 is 0 Å². The highest BCUT2D eigenvalue weighted by Crippen LogP contribution is 2.32. The highest BCUT2D eigenvalue weighted by Gasteiger charge is 2.09. The molecule has 0 saturated carbocycles. The molecule has 3 heteroatoms. The molecule has 3 rings (SSSR count). The van der Waals surface area contributed by atoms with E-state index in [1.54, 1.807) is 0 Å². The molecule has 1 aromatic heterocycles. The first kappa shape index (κ1) is 10.5. The quantitative estimate of drug-likeness (QED) is 0.599. The summed E-state index contributed by atoms with van der Waals surface area (Å²) in [7, 11) is 0. The van der Waals surface area contributed by atoms with Crippen molar-refractivity contribution in [3.05, 3.63) is 65.8 Å². The van der Waals surface area contributed by atoms with Gasteiger partial charge in [-0.2, -0.15) is 0 Å². The van der Waals surface area contributed by atoms with E-state index < -0.39 is 0 Å². The molecule has 0 aliphatic heterocycles. The molecule has 2 nitrogen and oxygen atoms in total. The number of rotatable bonds is 1. The molecule has 86 valence electrons. The maximum absolute atomic E-state index is 13.3. The number of aromatic amines is 1. The molecule has 0 aliphatic rings. The molecule has 0 radical (unpaired) electrons. The van der Waals surface area contributed by atoms with E-state index in [0.717, 1.165) is 16.6 Å². The van der Waals surface area contributed by atoms with Crippen LogP contribution >= 0.6 is 0 Å². The average molecular weight is 236 g/mol. The van der Waals surface area contributed by atoms with Crippen molar-refractivity contribution in [1.29, 1.82) is 0 Å². The molecule has 0 atom stereocenters. The molecule has 0 fully saturated rings. The van der Waals surface area contributed by atoms with Crippen LogP contribution in [0.4, 0.5) is 10.1 Å². The summed E-state index contributed by atoms with van der Waals surface area (Å²) >= 11 is 0. The Hall–Kier alpha value is -2.60. The van der Waals surface area contributed by atoms with Crippen molar-refractivity contribution in [1.82, 2.24) is 4.98 Å². The molecule has 0 aliphatic carbocycles. The maximum Gasteiger partial charge on any atom is 0.196 e. The third-order valence-corrected chi connectivity index (χ3v) is 2.90. The Bertz CT molecular complexity index is 733. The van der Waals surface area contributed by atoms with Crippen molar-refractivity contribution in [2.75, 3.05) is 0 Å². The van der Waals surface area contributed by atoms with Gasteiger partial charge in [-0.3, -0.25) is 0 Å². The molecular weight excluding hydrogens is 227 g/mol. The number of hydrogen-bond donors (Lipinski definition) is 1. The summed E-state index contributed by atoms with van der Waals surface area (Å²) in [6.07, 6.45) is 0. The van der Waals surface area contributed by atoms with Crippen molar-refractivity contribution >= 4 is 16.6 Å². The number of H-pyrrole nitrogens is 1. The number of nitrogens with one attached hydrogen (secondary N) is 1. The van der Waals surface area contributed by atoms with E-state index in [2.05, 4.69) is 9.83 Å². The fraction of sp³-hybridized carbons (Fsp3) is 0. The molecular formula is C15H9FN2. The predicted octanol–water partition coefficient (Wildman–Crippen LogP) is 4.52. The Balaban J connectivity index is 2.26. The second kappa shape index (κ2) is 4.01. The van der Waals surface area contributed by atoms with Crippen LogP contribution in [0.5, 0.6) is 0 Å². The topological polar surface area (TPSA) is 20.1 Å². The van der Waals surface area contributed by atoms with Crippen LogP contribution in [0.15, 0.2) is 48.5 Å². The summed E-state index contributed by atoms with van der Waals surface area (Å²) in [5, 5.41) is 1.05. The van der Waals surface area contributed by atoms with Crippen LogP contribution in [-0.2, 0) is 0 Å². The summed E-state index contributed by atoms with van der Waals surface area (Å²) in [4.78, 5) is 6.63. The van der Waals surface area contributed by atoms with Crippen LogP contribution < -0.4 is 0 Å². The van der Waals surface area contributed by atoms with E-state index in [4.69, 9.17) is 6.57 Å². The molecule has 0 saturated heterocycles. The molecule has 3 aromatic rings. The van der Waals surface area contributed by atoms with E-state index in [-0.39, 0.29) is 5.82 Å². The summed E-state index contributed by atoms with van der Waals surface area (Å²) < 4.78 is 13.3. The predicted molar refractivity (Wildman–Crippen MR) is 70.0 cm³/mol. The number of nitrogens with zero attached hydrogens (tertiary/aromatic N) is 1. The zero-order valence-electron chi connectivity index (χ0n) is 9.44. The van der Waals surface area contributed by atoms with Gasteiger partial charge < -0.3 is 4.98 Å². The smallest absolute Gasteiger partial charge is 0.196 e. The van der Waals surface area contributed by atoms with E-state index in [0.29, 0.717) is 11.3 Å². The van der Waals surface area contributed by atoms with Gasteiger partial charge in [0.1, 0.15) is 5.82 Å². The zero-order chi connectivity index (χ0) is 12.5. The van der Waals surface area contributed by atoms with E-state index in [1.165, 1.54) is 18.2 Å². The fourth-order valence-electron chi connectivity index (χ4n) is 2.04. The van der Waals surface area contributed by atoms with Crippen LogP contribution in [0.1, 0.15) is 0 Å². The highest BCUT2D eigenvalue weighted by molar-refractivity contribution is 5.88. The first-order chi connectivity index (χ1) is 8.78. The highest BCUT2D eigenvalue weighted by atomic mass is 19.1. The molecule has 0 unspecified atom stereocenters. The minimum absolute atomic E-state index is 0.337. The first-order valence-electron chi connectivity index (χ1n) is 5.53. The molecule has 18 heavy (non-hydrogen) atoms. The molecule has 1 N–H and O–H groups in total. The lowest BCUT2D eigenvalue weighted by Gasteiger charge is -2.01. The normalized spacial score (nSPS) is 10.4. The van der Waals surface area contributed by atoms with E-state index in [1.807, 2.05) is 30.3 Å². The fourth-order valence-corrected chi connectivity index (χ4v) is 2.04. The summed E-state index contributed by atoms with van der Waals surface area (Å²) in [6.45, 7) is 7.13. The Morgan fingerprint density at radius 2 is 1.89 bits per heavy atom. The number of benzene rings is 2. The lowest BCUT2D eigenvalue weighted by Crippen LogP contribution is -1.80. The van der Waals surface area contributed by atoms with Crippen LogP contribution in [-0.4, -0.2) is 4.98 Å². The lowest BCUT2D eigenvalue weighted by molar-refractivity contribution is 0.628. The van der Waals surface area contributed by atoms with Crippen molar-refractivity contribution in [3.8, 4) is 11.3 Å². The SMILES string of the molecule is [C-]#[N+]c1ccc(F)cc1-c1cc2ccccc2[nH]1. The molecule has 0 bridgehead atoms. The summed E-state index contributed by atoms with van der Waals surface area (Å²) in [5.41, 5.74) is 2.79. The minimum atomic E-state index is -0.337. The number of halogens is 1. The number of fused-ring (bicyclic) bond motifs is 1. The van der Waals surface area contributed by atoms with Gasteiger partial charge in [-0.05, 0) is 29.7 Å². The van der Waals surface area contributed by atoms with Gasteiger partial charge in [0.15, 0.2) is 5.69 Å². The number of hydrogen-bond acceptors (Lipinski definition) is 0. The second-order valence-electron chi connectivity index (χ2n) is 4.04. The molecule has 0 amide bonds. The van der Waals surface area contributed by atoms with Gasteiger partial charge in [0.2, 0.25) is 0 Å². The van der Waals surface area contributed by atoms with Gasteiger partial charge in [0.05, 0.1) is 6.57 Å². The third-order valence-electron chi connectivity index (χ3n) is 2.90. The third kappa shape index (κ3) is 1.64. The summed E-state index contributed by atoms with van der Waals surface area (Å²) in [5.74, 6) is -0.337. The van der Waals surface area contributed by atoms with Crippen LogP contribution in [0.2, 0.25) is 0 Å². The maximum atomic E-state index is 13.3.